The van der Waals surface area contributed by atoms with Crippen molar-refractivity contribution < 1.29 is 9.90 Å². The van der Waals surface area contributed by atoms with Gasteiger partial charge < -0.3 is 10.8 Å². The predicted octanol–water partition coefficient (Wildman–Crippen LogP) is 0.129. The second kappa shape index (κ2) is 4.07. The summed E-state index contributed by atoms with van der Waals surface area (Å²) in [5.41, 5.74) is 5.44. The number of likely N-dealkylation sites (tertiary alicyclic amines) is 1. The van der Waals surface area contributed by atoms with Crippen LogP contribution >= 0.6 is 0 Å². The molecule has 1 aliphatic heterocycles. The molecule has 0 aromatic heterocycles. The highest BCUT2D eigenvalue weighted by molar-refractivity contribution is 5.73. The van der Waals surface area contributed by atoms with Crippen LogP contribution in [0.1, 0.15) is 20.3 Å². The topological polar surface area (TPSA) is 66.6 Å². The number of aliphatic carboxylic acids is 1. The van der Waals surface area contributed by atoms with Gasteiger partial charge in [-0.2, -0.15) is 0 Å². The highest BCUT2D eigenvalue weighted by Crippen LogP contribution is 2.24. The van der Waals surface area contributed by atoms with Crippen molar-refractivity contribution in [3.63, 3.8) is 0 Å². The minimum Gasteiger partial charge on any atom is -0.480 e. The van der Waals surface area contributed by atoms with Gasteiger partial charge in [0, 0.05) is 19.1 Å². The number of carbonyl (C=O) groups is 1. The van der Waals surface area contributed by atoms with Gasteiger partial charge in [0.1, 0.15) is 6.04 Å². The largest absolute Gasteiger partial charge is 0.480 e. The lowest BCUT2D eigenvalue weighted by Gasteiger charge is -2.26. The average Bonchev–Trinajstić information content (AvgIpc) is 2.31. The normalized spacial score (nSPS) is 31.9. The van der Waals surface area contributed by atoms with E-state index in [1.807, 2.05) is 4.90 Å². The fraction of sp³-hybridized carbons (Fsp3) is 0.889. The number of nitrogens with zero attached hydrogens (tertiary/aromatic N) is 1. The minimum absolute atomic E-state index is 0.201. The highest BCUT2D eigenvalue weighted by atomic mass is 16.4. The molecule has 4 nitrogen and oxygen atoms in total. The van der Waals surface area contributed by atoms with Crippen LogP contribution in [0.15, 0.2) is 0 Å². The van der Waals surface area contributed by atoms with Gasteiger partial charge in [-0.3, -0.25) is 9.69 Å². The number of hydrogen-bond acceptors (Lipinski definition) is 3. The van der Waals surface area contributed by atoms with E-state index in [0.717, 1.165) is 13.0 Å². The van der Waals surface area contributed by atoms with Crippen LogP contribution in [0, 0.1) is 5.92 Å². The summed E-state index contributed by atoms with van der Waals surface area (Å²) in [6.07, 6.45) is 1.07. The van der Waals surface area contributed by atoms with E-state index in [4.69, 9.17) is 10.8 Å². The lowest BCUT2D eigenvalue weighted by atomic mass is 10.1. The minimum atomic E-state index is -0.802. The maximum absolute atomic E-state index is 10.8. The third-order valence-electron chi connectivity index (χ3n) is 2.74. The molecule has 1 saturated heterocycles. The molecule has 3 unspecified atom stereocenters. The monoisotopic (exact) mass is 186 g/mol. The quantitative estimate of drug-likeness (QED) is 0.657. The van der Waals surface area contributed by atoms with Crippen LogP contribution in [0.4, 0.5) is 0 Å². The third kappa shape index (κ3) is 2.19. The molecule has 3 atom stereocenters. The molecule has 0 amide bonds. The number of rotatable bonds is 3. The number of carboxylic acids is 1. The van der Waals surface area contributed by atoms with Gasteiger partial charge in [0.05, 0.1) is 0 Å². The highest BCUT2D eigenvalue weighted by Gasteiger charge is 2.34. The number of hydrogen-bond donors (Lipinski definition) is 2. The zero-order valence-corrected chi connectivity index (χ0v) is 8.23. The molecule has 4 heteroatoms. The summed E-state index contributed by atoms with van der Waals surface area (Å²) in [5.74, 6) is -0.216. The Morgan fingerprint density at radius 3 is 2.62 bits per heavy atom. The van der Waals surface area contributed by atoms with Crippen molar-refractivity contribution in [1.29, 1.82) is 0 Å². The van der Waals surface area contributed by atoms with Gasteiger partial charge in [-0.05, 0) is 19.3 Å². The van der Waals surface area contributed by atoms with Crippen LogP contribution < -0.4 is 5.73 Å². The smallest absolute Gasteiger partial charge is 0.322 e. The lowest BCUT2D eigenvalue weighted by molar-refractivity contribution is -0.143. The van der Waals surface area contributed by atoms with Gasteiger partial charge in [-0.1, -0.05) is 6.92 Å². The second-order valence-electron chi connectivity index (χ2n) is 3.98. The molecule has 0 aromatic carbocycles. The molecule has 0 radical (unpaired) electrons. The van der Waals surface area contributed by atoms with Gasteiger partial charge in [-0.15, -0.1) is 0 Å². The molecular weight excluding hydrogens is 168 g/mol. The van der Waals surface area contributed by atoms with Crippen molar-refractivity contribution in [3.05, 3.63) is 0 Å². The van der Waals surface area contributed by atoms with Gasteiger partial charge >= 0.3 is 5.97 Å². The van der Waals surface area contributed by atoms with Crippen LogP contribution in [0.5, 0.6) is 0 Å². The molecule has 0 bridgehead atoms. The average molecular weight is 186 g/mol. The van der Waals surface area contributed by atoms with Crippen molar-refractivity contribution in [1.82, 2.24) is 4.90 Å². The maximum Gasteiger partial charge on any atom is 0.322 e. The maximum atomic E-state index is 10.8. The SMILES string of the molecule is CC1CC(C)N(C(CN)C(=O)O)C1. The first-order valence-corrected chi connectivity index (χ1v) is 4.74. The van der Waals surface area contributed by atoms with E-state index in [9.17, 15) is 4.79 Å². The van der Waals surface area contributed by atoms with Gasteiger partial charge in [0.2, 0.25) is 0 Å². The predicted molar refractivity (Wildman–Crippen MR) is 50.4 cm³/mol. The molecule has 0 aliphatic carbocycles. The van der Waals surface area contributed by atoms with Crippen molar-refractivity contribution in [2.45, 2.75) is 32.4 Å². The Bertz CT molecular complexity index is 196. The van der Waals surface area contributed by atoms with E-state index in [1.54, 1.807) is 0 Å². The Morgan fingerprint density at radius 1 is 1.69 bits per heavy atom. The molecule has 76 valence electrons. The van der Waals surface area contributed by atoms with E-state index in [-0.39, 0.29) is 6.54 Å². The first kappa shape index (κ1) is 10.5. The lowest BCUT2D eigenvalue weighted by Crippen LogP contribution is -2.47. The van der Waals surface area contributed by atoms with Crippen LogP contribution in [-0.2, 0) is 4.79 Å². The third-order valence-corrected chi connectivity index (χ3v) is 2.74. The van der Waals surface area contributed by atoms with Crippen LogP contribution in [0.25, 0.3) is 0 Å². The molecule has 13 heavy (non-hydrogen) atoms. The standard InChI is InChI=1S/C9H18N2O2/c1-6-3-7(2)11(5-6)8(4-10)9(12)13/h6-8H,3-5,10H2,1-2H3,(H,12,13). The van der Waals surface area contributed by atoms with Gasteiger partial charge in [0.15, 0.2) is 0 Å². The summed E-state index contributed by atoms with van der Waals surface area (Å²) in [6.45, 7) is 5.27. The van der Waals surface area contributed by atoms with E-state index in [2.05, 4.69) is 13.8 Å². The number of nitrogens with two attached hydrogens (primary N) is 1. The van der Waals surface area contributed by atoms with E-state index in [0.29, 0.717) is 12.0 Å². The Hall–Kier alpha value is -0.610. The molecular formula is C9H18N2O2. The fourth-order valence-corrected chi connectivity index (χ4v) is 2.14. The molecule has 0 saturated carbocycles. The second-order valence-corrected chi connectivity index (χ2v) is 3.98. The first-order valence-electron chi connectivity index (χ1n) is 4.74. The Labute approximate surface area is 78.7 Å². The summed E-state index contributed by atoms with van der Waals surface area (Å²) in [7, 11) is 0. The molecule has 1 fully saturated rings. The summed E-state index contributed by atoms with van der Waals surface area (Å²) >= 11 is 0. The van der Waals surface area contributed by atoms with Crippen molar-refractivity contribution in [2.24, 2.45) is 11.7 Å². The molecule has 1 aliphatic rings. The number of carboxylic acid groups (broad SMARTS) is 1. The molecule has 3 N–H and O–H groups in total. The molecule has 1 heterocycles. The summed E-state index contributed by atoms with van der Waals surface area (Å²) in [5, 5.41) is 8.92. The van der Waals surface area contributed by atoms with E-state index < -0.39 is 12.0 Å². The zero-order valence-electron chi connectivity index (χ0n) is 8.23. The summed E-state index contributed by atoms with van der Waals surface area (Å²) < 4.78 is 0. The molecule has 0 aromatic rings. The van der Waals surface area contributed by atoms with E-state index in [1.165, 1.54) is 0 Å². The zero-order chi connectivity index (χ0) is 10.0. The Kier molecular flexibility index (Phi) is 3.27. The van der Waals surface area contributed by atoms with E-state index >= 15 is 0 Å². The van der Waals surface area contributed by atoms with Crippen LogP contribution in [-0.4, -0.2) is 41.1 Å². The summed E-state index contributed by atoms with van der Waals surface area (Å²) in [6, 6.07) is -0.153. The fourth-order valence-electron chi connectivity index (χ4n) is 2.14. The van der Waals surface area contributed by atoms with Crippen molar-refractivity contribution in [2.75, 3.05) is 13.1 Å². The van der Waals surface area contributed by atoms with Crippen LogP contribution in [0.3, 0.4) is 0 Å². The van der Waals surface area contributed by atoms with Gasteiger partial charge in [-0.25, -0.2) is 0 Å². The van der Waals surface area contributed by atoms with Crippen LogP contribution in [0.2, 0.25) is 0 Å². The first-order chi connectivity index (χ1) is 6.06. The molecule has 0 spiro atoms. The Balaban J connectivity index is 2.64. The van der Waals surface area contributed by atoms with Gasteiger partial charge in [0.25, 0.3) is 0 Å². The summed E-state index contributed by atoms with van der Waals surface area (Å²) in [4.78, 5) is 12.8. The molecule has 1 rings (SSSR count). The Morgan fingerprint density at radius 2 is 2.31 bits per heavy atom. The van der Waals surface area contributed by atoms with Crippen molar-refractivity contribution in [3.8, 4) is 0 Å². The van der Waals surface area contributed by atoms with Crippen molar-refractivity contribution >= 4 is 5.97 Å².